The van der Waals surface area contributed by atoms with Crippen molar-refractivity contribution in [2.45, 2.75) is 4.21 Å². The number of sulfonamides is 1. The van der Waals surface area contributed by atoms with Crippen molar-refractivity contribution >= 4 is 43.2 Å². The molecule has 146 valence electrons. The lowest BCUT2D eigenvalue weighted by Gasteiger charge is -2.33. The van der Waals surface area contributed by atoms with E-state index in [9.17, 15) is 13.2 Å². The second kappa shape index (κ2) is 8.17. The Kier molecular flexibility index (Phi) is 6.09. The maximum atomic E-state index is 12.9. The Bertz CT molecular complexity index is 898. The number of piperazine rings is 1. The zero-order valence-electron chi connectivity index (χ0n) is 14.8. The van der Waals surface area contributed by atoms with Crippen molar-refractivity contribution in [2.24, 2.45) is 0 Å². The van der Waals surface area contributed by atoms with Crippen molar-refractivity contribution in [2.75, 3.05) is 40.4 Å². The van der Waals surface area contributed by atoms with Crippen LogP contribution < -0.4 is 9.47 Å². The van der Waals surface area contributed by atoms with E-state index in [-0.39, 0.29) is 19.0 Å². The second-order valence-electron chi connectivity index (χ2n) is 5.82. The maximum Gasteiger partial charge on any atom is 0.254 e. The SMILES string of the molecule is COc1cc(C(=O)N2CCN(S(=O)(=O)c3cccs3)CC2)cc(OC)c1Br. The molecule has 1 amide bonds. The van der Waals surface area contributed by atoms with Crippen LogP contribution in [0.2, 0.25) is 0 Å². The van der Waals surface area contributed by atoms with Crippen LogP contribution in [-0.2, 0) is 10.0 Å². The van der Waals surface area contributed by atoms with E-state index in [1.807, 2.05) is 0 Å². The lowest BCUT2D eigenvalue weighted by Crippen LogP contribution is -2.50. The fraction of sp³-hybridized carbons (Fsp3) is 0.353. The van der Waals surface area contributed by atoms with Crippen LogP contribution in [0.25, 0.3) is 0 Å². The summed E-state index contributed by atoms with van der Waals surface area (Å²) in [6.45, 7) is 1.17. The average molecular weight is 475 g/mol. The zero-order chi connectivity index (χ0) is 19.6. The predicted molar refractivity (Wildman–Crippen MR) is 106 cm³/mol. The van der Waals surface area contributed by atoms with Crippen molar-refractivity contribution in [1.29, 1.82) is 0 Å². The quantitative estimate of drug-likeness (QED) is 0.665. The van der Waals surface area contributed by atoms with Gasteiger partial charge >= 0.3 is 0 Å². The van der Waals surface area contributed by atoms with Gasteiger partial charge in [0, 0.05) is 31.7 Å². The highest BCUT2D eigenvalue weighted by Gasteiger charge is 2.31. The summed E-state index contributed by atoms with van der Waals surface area (Å²) in [6, 6.07) is 6.59. The fourth-order valence-electron chi connectivity index (χ4n) is 2.84. The van der Waals surface area contributed by atoms with E-state index in [1.165, 1.54) is 29.9 Å². The van der Waals surface area contributed by atoms with E-state index < -0.39 is 10.0 Å². The number of ether oxygens (including phenoxy) is 2. The Hall–Kier alpha value is -1.62. The van der Waals surface area contributed by atoms with Gasteiger partial charge in [0.2, 0.25) is 0 Å². The van der Waals surface area contributed by atoms with Crippen LogP contribution in [-0.4, -0.2) is 63.9 Å². The van der Waals surface area contributed by atoms with Crippen molar-refractivity contribution in [3.8, 4) is 11.5 Å². The predicted octanol–water partition coefficient (Wildman–Crippen LogP) is 2.67. The molecule has 0 saturated carbocycles. The Labute approximate surface area is 170 Å². The third kappa shape index (κ3) is 3.98. The van der Waals surface area contributed by atoms with Crippen molar-refractivity contribution in [3.63, 3.8) is 0 Å². The monoisotopic (exact) mass is 474 g/mol. The minimum absolute atomic E-state index is 0.188. The van der Waals surface area contributed by atoms with E-state index in [1.54, 1.807) is 34.5 Å². The van der Waals surface area contributed by atoms with E-state index in [2.05, 4.69) is 15.9 Å². The van der Waals surface area contributed by atoms with Gasteiger partial charge in [0.1, 0.15) is 20.2 Å². The number of carbonyl (C=O) groups excluding carboxylic acids is 1. The number of benzene rings is 1. The number of carbonyl (C=O) groups is 1. The molecule has 0 atom stereocenters. The summed E-state index contributed by atoms with van der Waals surface area (Å²) >= 11 is 4.58. The van der Waals surface area contributed by atoms with Crippen molar-refractivity contribution < 1.29 is 22.7 Å². The molecular formula is C17H19BrN2O5S2. The van der Waals surface area contributed by atoms with Crippen LogP contribution in [0.15, 0.2) is 38.3 Å². The number of hydrogen-bond donors (Lipinski definition) is 0. The summed E-state index contributed by atoms with van der Waals surface area (Å²) in [7, 11) is -0.460. The van der Waals surface area contributed by atoms with Crippen LogP contribution in [0.5, 0.6) is 11.5 Å². The first-order chi connectivity index (χ1) is 12.9. The first-order valence-electron chi connectivity index (χ1n) is 8.13. The van der Waals surface area contributed by atoms with Crippen LogP contribution in [0.1, 0.15) is 10.4 Å². The maximum absolute atomic E-state index is 12.9. The van der Waals surface area contributed by atoms with Gasteiger partial charge in [-0.25, -0.2) is 8.42 Å². The summed E-state index contributed by atoms with van der Waals surface area (Å²) < 4.78 is 38.1. The second-order valence-corrected chi connectivity index (χ2v) is 9.73. The fourth-order valence-corrected chi connectivity index (χ4v) is 5.96. The summed E-state index contributed by atoms with van der Waals surface area (Å²) in [5, 5.41) is 1.74. The van der Waals surface area contributed by atoms with Crippen LogP contribution in [0, 0.1) is 0 Å². The first-order valence-corrected chi connectivity index (χ1v) is 11.2. The van der Waals surface area contributed by atoms with Crippen LogP contribution in [0.4, 0.5) is 0 Å². The molecule has 0 spiro atoms. The molecule has 1 fully saturated rings. The van der Waals surface area contributed by atoms with Gasteiger partial charge in [0.15, 0.2) is 0 Å². The van der Waals surface area contributed by atoms with E-state index in [0.717, 1.165) is 0 Å². The Morgan fingerprint density at radius 3 is 2.19 bits per heavy atom. The number of halogens is 1. The molecule has 10 heteroatoms. The minimum Gasteiger partial charge on any atom is -0.495 e. The number of methoxy groups -OCH3 is 2. The van der Waals surface area contributed by atoms with Gasteiger partial charge in [-0.3, -0.25) is 4.79 Å². The molecule has 0 bridgehead atoms. The molecule has 2 heterocycles. The standard InChI is InChI=1S/C17H19BrN2O5S2/c1-24-13-10-12(11-14(25-2)16(13)18)17(21)19-5-7-20(8-6-19)27(22,23)15-4-3-9-26-15/h3-4,9-11H,5-8H2,1-2H3. The normalized spacial score (nSPS) is 15.6. The molecule has 3 rings (SSSR count). The van der Waals surface area contributed by atoms with Crippen LogP contribution in [0.3, 0.4) is 0 Å². The van der Waals surface area contributed by atoms with Gasteiger partial charge in [0.05, 0.1) is 14.2 Å². The highest BCUT2D eigenvalue weighted by Crippen LogP contribution is 2.36. The van der Waals surface area contributed by atoms with E-state index in [4.69, 9.17) is 9.47 Å². The molecule has 1 aliphatic heterocycles. The molecule has 0 aliphatic carbocycles. The third-order valence-electron chi connectivity index (χ3n) is 4.31. The molecular weight excluding hydrogens is 456 g/mol. The topological polar surface area (TPSA) is 76.2 Å². The molecule has 0 radical (unpaired) electrons. The van der Waals surface area contributed by atoms with Gasteiger partial charge in [0.25, 0.3) is 15.9 Å². The van der Waals surface area contributed by atoms with Gasteiger partial charge in [-0.1, -0.05) is 6.07 Å². The molecule has 1 aromatic heterocycles. The number of amides is 1. The van der Waals surface area contributed by atoms with E-state index >= 15 is 0 Å². The summed E-state index contributed by atoms with van der Waals surface area (Å²) in [6.07, 6.45) is 0. The molecule has 1 saturated heterocycles. The highest BCUT2D eigenvalue weighted by atomic mass is 79.9. The van der Waals surface area contributed by atoms with Gasteiger partial charge < -0.3 is 14.4 Å². The Morgan fingerprint density at radius 2 is 1.70 bits per heavy atom. The van der Waals surface area contributed by atoms with Gasteiger partial charge in [-0.05, 0) is 39.5 Å². The van der Waals surface area contributed by atoms with Gasteiger partial charge in [-0.2, -0.15) is 4.31 Å². The lowest BCUT2D eigenvalue weighted by atomic mass is 10.1. The van der Waals surface area contributed by atoms with Crippen molar-refractivity contribution in [3.05, 3.63) is 39.7 Å². The van der Waals surface area contributed by atoms with Crippen molar-refractivity contribution in [1.82, 2.24) is 9.21 Å². The lowest BCUT2D eigenvalue weighted by molar-refractivity contribution is 0.0697. The number of nitrogens with zero attached hydrogens (tertiary/aromatic N) is 2. The molecule has 1 aromatic carbocycles. The third-order valence-corrected chi connectivity index (χ3v) is 8.36. The number of rotatable bonds is 5. The molecule has 0 N–H and O–H groups in total. The largest absolute Gasteiger partial charge is 0.495 e. The zero-order valence-corrected chi connectivity index (χ0v) is 18.1. The molecule has 2 aromatic rings. The summed E-state index contributed by atoms with van der Waals surface area (Å²) in [4.78, 5) is 14.5. The summed E-state index contributed by atoms with van der Waals surface area (Å²) in [5.41, 5.74) is 0.432. The minimum atomic E-state index is -3.49. The first kappa shape index (κ1) is 20.1. The van der Waals surface area contributed by atoms with Crippen LogP contribution >= 0.6 is 27.3 Å². The molecule has 7 nitrogen and oxygen atoms in total. The molecule has 1 aliphatic rings. The van der Waals surface area contributed by atoms with Gasteiger partial charge in [-0.15, -0.1) is 11.3 Å². The molecule has 27 heavy (non-hydrogen) atoms. The number of thiophene rings is 1. The van der Waals surface area contributed by atoms with E-state index in [0.29, 0.717) is 38.8 Å². The Balaban J connectivity index is 1.74. The summed E-state index contributed by atoms with van der Waals surface area (Å²) in [5.74, 6) is 0.806. The highest BCUT2D eigenvalue weighted by molar-refractivity contribution is 9.10. The average Bonchev–Trinajstić information content (AvgIpc) is 3.23. The smallest absolute Gasteiger partial charge is 0.254 e. The Morgan fingerprint density at radius 1 is 1.11 bits per heavy atom. The molecule has 0 unspecified atom stereocenters. The number of hydrogen-bond acceptors (Lipinski definition) is 6.